The summed E-state index contributed by atoms with van der Waals surface area (Å²) in [5, 5.41) is 0. The first kappa shape index (κ1) is 16.3. The molecule has 0 saturated heterocycles. The zero-order valence-electron chi connectivity index (χ0n) is 14.9. The number of hydrogen-bond donors (Lipinski definition) is 0. The van der Waals surface area contributed by atoms with E-state index in [0.717, 1.165) is 22.6 Å². The van der Waals surface area contributed by atoms with Gasteiger partial charge in [-0.1, -0.05) is 72.8 Å². The number of fused-ring (bicyclic) bond motifs is 1. The van der Waals surface area contributed by atoms with Gasteiger partial charge in [0.05, 0.1) is 5.69 Å². The Bertz CT molecular complexity index is 936. The molecule has 3 nitrogen and oxygen atoms in total. The Labute approximate surface area is 153 Å². The molecule has 0 N–H and O–H groups in total. The van der Waals surface area contributed by atoms with Crippen LogP contribution < -0.4 is 0 Å². The summed E-state index contributed by atoms with van der Waals surface area (Å²) in [5.41, 5.74) is 2.28. The molecule has 0 aromatic heterocycles. The van der Waals surface area contributed by atoms with Crippen molar-refractivity contribution < 1.29 is 4.79 Å². The van der Waals surface area contributed by atoms with E-state index in [2.05, 4.69) is 0 Å². The van der Waals surface area contributed by atoms with E-state index in [1.54, 1.807) is 0 Å². The number of para-hydroxylation sites is 1. The van der Waals surface area contributed by atoms with E-state index in [1.807, 2.05) is 104 Å². The fourth-order valence-corrected chi connectivity index (χ4v) is 3.76. The van der Waals surface area contributed by atoms with Crippen LogP contribution in [0, 0.1) is 0 Å². The molecule has 128 valence electrons. The van der Waals surface area contributed by atoms with E-state index >= 15 is 0 Å². The van der Waals surface area contributed by atoms with Gasteiger partial charge in [0.2, 0.25) is 0 Å². The van der Waals surface area contributed by atoms with Crippen LogP contribution in [0.3, 0.4) is 0 Å². The van der Waals surface area contributed by atoms with Crippen molar-refractivity contribution in [1.29, 1.82) is 0 Å². The summed E-state index contributed by atoms with van der Waals surface area (Å²) in [7, 11) is 3.89. The molecule has 0 saturated carbocycles. The maximum absolute atomic E-state index is 13.9. The van der Waals surface area contributed by atoms with Crippen LogP contribution in [0.2, 0.25) is 0 Å². The van der Waals surface area contributed by atoms with Gasteiger partial charge in [0.1, 0.15) is 11.3 Å². The third kappa shape index (κ3) is 2.28. The van der Waals surface area contributed by atoms with Crippen molar-refractivity contribution in [3.8, 4) is 0 Å². The van der Waals surface area contributed by atoms with Crippen LogP contribution in [0.4, 0.5) is 5.69 Å². The highest BCUT2D eigenvalue weighted by atomic mass is 16.1. The number of likely N-dealkylation sites (N-methyl/N-ethyl adjacent to an activating group) is 1. The van der Waals surface area contributed by atoms with Gasteiger partial charge < -0.3 is 4.90 Å². The molecule has 0 atom stereocenters. The number of ketones is 1. The molecule has 0 aliphatic carbocycles. The Morgan fingerprint density at radius 3 is 1.77 bits per heavy atom. The number of Topliss-reactive ketones (excluding diaryl/α,β-unsaturated/α-hetero) is 1. The Kier molecular flexibility index (Phi) is 3.92. The number of nitrogens with zero attached hydrogens (tertiary/aromatic N) is 2. The van der Waals surface area contributed by atoms with E-state index in [0.29, 0.717) is 5.56 Å². The van der Waals surface area contributed by atoms with Gasteiger partial charge >= 0.3 is 0 Å². The molecule has 3 aromatic rings. The quantitative estimate of drug-likeness (QED) is 0.690. The van der Waals surface area contributed by atoms with Gasteiger partial charge in [-0.25, -0.2) is 4.99 Å². The summed E-state index contributed by atoms with van der Waals surface area (Å²) in [5.74, 6) is 0.794. The zero-order valence-corrected chi connectivity index (χ0v) is 14.9. The molecule has 1 aliphatic heterocycles. The second-order valence-electron chi connectivity index (χ2n) is 6.66. The molecule has 0 amide bonds. The third-order valence-corrected chi connectivity index (χ3v) is 4.89. The Morgan fingerprint density at radius 1 is 0.731 bits per heavy atom. The Balaban J connectivity index is 2.12. The minimum atomic E-state index is -0.958. The standard InChI is InChI=1S/C23H20N2O/c1-25(2)22-23(17-11-5-3-6-12-17,18-13-7-4-8-14-18)21(26)19-15-9-10-16-20(19)24-22/h3-16H,1-2H3. The third-order valence-electron chi connectivity index (χ3n) is 4.89. The van der Waals surface area contributed by atoms with Gasteiger partial charge in [-0.2, -0.15) is 0 Å². The normalized spacial score (nSPS) is 15.2. The number of benzene rings is 3. The first-order valence-electron chi connectivity index (χ1n) is 8.67. The average Bonchev–Trinajstić information content (AvgIpc) is 2.69. The molecule has 0 bridgehead atoms. The molecule has 0 fully saturated rings. The van der Waals surface area contributed by atoms with Crippen LogP contribution in [0.5, 0.6) is 0 Å². The summed E-state index contributed by atoms with van der Waals surface area (Å²) >= 11 is 0. The summed E-state index contributed by atoms with van der Waals surface area (Å²) in [6.07, 6.45) is 0. The Morgan fingerprint density at radius 2 is 1.23 bits per heavy atom. The molecule has 0 radical (unpaired) electrons. The highest BCUT2D eigenvalue weighted by Crippen LogP contribution is 2.43. The molecule has 1 aliphatic rings. The molecular formula is C23H20N2O. The lowest BCUT2D eigenvalue weighted by Crippen LogP contribution is -2.52. The topological polar surface area (TPSA) is 32.7 Å². The first-order valence-corrected chi connectivity index (χ1v) is 8.67. The van der Waals surface area contributed by atoms with Gasteiger partial charge in [0.15, 0.2) is 5.78 Å². The lowest BCUT2D eigenvalue weighted by molar-refractivity contribution is 0.0942. The van der Waals surface area contributed by atoms with Crippen LogP contribution >= 0.6 is 0 Å². The van der Waals surface area contributed by atoms with E-state index in [1.165, 1.54) is 0 Å². The van der Waals surface area contributed by atoms with Crippen molar-refractivity contribution in [3.63, 3.8) is 0 Å². The fourth-order valence-electron chi connectivity index (χ4n) is 3.76. The van der Waals surface area contributed by atoms with E-state index < -0.39 is 5.41 Å². The largest absolute Gasteiger partial charge is 0.365 e. The molecule has 4 rings (SSSR count). The van der Waals surface area contributed by atoms with Gasteiger partial charge in [-0.15, -0.1) is 0 Å². The maximum atomic E-state index is 13.9. The number of carbonyl (C=O) groups excluding carboxylic acids is 1. The molecule has 26 heavy (non-hydrogen) atoms. The van der Waals surface area contributed by atoms with E-state index in [4.69, 9.17) is 4.99 Å². The zero-order chi connectivity index (χ0) is 18.1. The van der Waals surface area contributed by atoms with Crippen molar-refractivity contribution in [3.05, 3.63) is 102 Å². The van der Waals surface area contributed by atoms with Crippen LogP contribution in [0.1, 0.15) is 21.5 Å². The molecule has 1 heterocycles. The molecule has 3 aromatic carbocycles. The van der Waals surface area contributed by atoms with Crippen molar-refractivity contribution in [2.24, 2.45) is 4.99 Å². The highest BCUT2D eigenvalue weighted by Gasteiger charge is 2.50. The van der Waals surface area contributed by atoms with Gasteiger partial charge in [0.25, 0.3) is 0 Å². The smallest absolute Gasteiger partial charge is 0.187 e. The number of aliphatic imine (C=N–C) groups is 1. The molecular weight excluding hydrogens is 320 g/mol. The number of amidine groups is 1. The van der Waals surface area contributed by atoms with Crippen LogP contribution in [-0.2, 0) is 5.41 Å². The van der Waals surface area contributed by atoms with Crippen molar-refractivity contribution >= 4 is 17.3 Å². The fraction of sp³-hybridized carbons (Fsp3) is 0.130. The molecule has 0 spiro atoms. The average molecular weight is 340 g/mol. The second-order valence-corrected chi connectivity index (χ2v) is 6.66. The van der Waals surface area contributed by atoms with Gasteiger partial charge in [-0.05, 0) is 23.3 Å². The summed E-state index contributed by atoms with van der Waals surface area (Å²) in [6, 6.07) is 27.5. The van der Waals surface area contributed by atoms with E-state index in [-0.39, 0.29) is 5.78 Å². The highest BCUT2D eigenvalue weighted by molar-refractivity contribution is 6.27. The summed E-state index contributed by atoms with van der Waals surface area (Å²) < 4.78 is 0. The minimum Gasteiger partial charge on any atom is -0.365 e. The van der Waals surface area contributed by atoms with Gasteiger partial charge in [-0.3, -0.25) is 4.79 Å². The number of hydrogen-bond acceptors (Lipinski definition) is 3. The predicted molar refractivity (Wildman–Crippen MR) is 105 cm³/mol. The van der Waals surface area contributed by atoms with Crippen LogP contribution in [-0.4, -0.2) is 30.6 Å². The Hall–Kier alpha value is -3.20. The lowest BCUT2D eigenvalue weighted by Gasteiger charge is -2.40. The maximum Gasteiger partial charge on any atom is 0.187 e. The van der Waals surface area contributed by atoms with Crippen molar-refractivity contribution in [2.75, 3.05) is 14.1 Å². The monoisotopic (exact) mass is 340 g/mol. The predicted octanol–water partition coefficient (Wildman–Crippen LogP) is 4.46. The number of rotatable bonds is 2. The SMILES string of the molecule is CN(C)C1=Nc2ccccc2C(=O)C1(c1ccccc1)c1ccccc1. The van der Waals surface area contributed by atoms with Crippen molar-refractivity contribution in [1.82, 2.24) is 4.90 Å². The lowest BCUT2D eigenvalue weighted by atomic mass is 9.66. The first-order chi connectivity index (χ1) is 12.7. The second kappa shape index (κ2) is 6.26. The summed E-state index contributed by atoms with van der Waals surface area (Å²) in [6.45, 7) is 0. The minimum absolute atomic E-state index is 0.0594. The summed E-state index contributed by atoms with van der Waals surface area (Å²) in [4.78, 5) is 20.8. The van der Waals surface area contributed by atoms with Crippen molar-refractivity contribution in [2.45, 2.75) is 5.41 Å². The van der Waals surface area contributed by atoms with Gasteiger partial charge in [0, 0.05) is 19.7 Å². The number of carbonyl (C=O) groups is 1. The molecule has 3 heteroatoms. The van der Waals surface area contributed by atoms with Crippen LogP contribution in [0.25, 0.3) is 0 Å². The van der Waals surface area contributed by atoms with Crippen LogP contribution in [0.15, 0.2) is 89.9 Å². The van der Waals surface area contributed by atoms with E-state index in [9.17, 15) is 4.79 Å². The molecule has 0 unspecified atom stereocenters.